The zero-order valence-electron chi connectivity index (χ0n) is 17.0. The second kappa shape index (κ2) is 8.97. The Hall–Kier alpha value is -3.43. The second-order valence-electron chi connectivity index (χ2n) is 7.05. The van der Waals surface area contributed by atoms with Crippen LogP contribution < -0.4 is 10.1 Å². The number of aromatic amines is 1. The van der Waals surface area contributed by atoms with Crippen LogP contribution in [0.3, 0.4) is 0 Å². The first-order chi connectivity index (χ1) is 15.3. The zero-order chi connectivity index (χ0) is 22.7. The molecule has 0 atom stereocenters. The van der Waals surface area contributed by atoms with Gasteiger partial charge in [0.05, 0.1) is 11.1 Å². The molecule has 1 heterocycles. The Balaban J connectivity index is 1.42. The minimum atomic E-state index is -3.72. The smallest absolute Gasteiger partial charge is 0.271 e. The van der Waals surface area contributed by atoms with Crippen molar-refractivity contribution in [2.24, 2.45) is 5.10 Å². The average Bonchev–Trinajstić information content (AvgIpc) is 3.09. The van der Waals surface area contributed by atoms with E-state index < -0.39 is 15.9 Å². The van der Waals surface area contributed by atoms with Gasteiger partial charge in [-0.25, -0.2) is 13.8 Å². The molecule has 4 rings (SSSR count). The lowest BCUT2D eigenvalue weighted by atomic mass is 10.1. The molecule has 0 radical (unpaired) electrons. The van der Waals surface area contributed by atoms with Crippen molar-refractivity contribution in [2.75, 3.05) is 4.72 Å². The highest BCUT2D eigenvalue weighted by atomic mass is 79.9. The first kappa shape index (κ1) is 21.8. The lowest BCUT2D eigenvalue weighted by molar-refractivity contribution is 0.0955. The topological polar surface area (TPSA) is 103 Å². The van der Waals surface area contributed by atoms with Gasteiger partial charge in [0.25, 0.3) is 15.9 Å². The molecule has 0 bridgehead atoms. The van der Waals surface area contributed by atoms with E-state index in [-0.39, 0.29) is 4.90 Å². The number of aryl methyl sites for hydroxylation is 1. The van der Waals surface area contributed by atoms with Crippen LogP contribution in [0.2, 0.25) is 0 Å². The molecule has 162 valence electrons. The number of fused-ring (bicyclic) bond motifs is 1. The van der Waals surface area contributed by atoms with Crippen LogP contribution in [-0.4, -0.2) is 25.5 Å². The van der Waals surface area contributed by atoms with E-state index in [0.29, 0.717) is 11.3 Å². The number of nitrogens with zero attached hydrogens (tertiary/aromatic N) is 1. The predicted octanol–water partition coefficient (Wildman–Crippen LogP) is 4.80. The van der Waals surface area contributed by atoms with Crippen molar-refractivity contribution < 1.29 is 13.2 Å². The molecule has 0 unspecified atom stereocenters. The monoisotopic (exact) mass is 510 g/mol. The molecule has 9 heteroatoms. The third kappa shape index (κ3) is 4.74. The SMILES string of the molecule is Cc1[nH]c2ccccc2c1/C=N\NC(=O)c1ccc(NS(=O)(=O)c2ccc(Br)cc2)cc1. The Morgan fingerprint density at radius 3 is 2.41 bits per heavy atom. The summed E-state index contributed by atoms with van der Waals surface area (Å²) in [4.78, 5) is 15.8. The maximum Gasteiger partial charge on any atom is 0.271 e. The van der Waals surface area contributed by atoms with Crippen molar-refractivity contribution >= 4 is 54.7 Å². The Kier molecular flexibility index (Phi) is 6.11. The third-order valence-electron chi connectivity index (χ3n) is 4.83. The minimum absolute atomic E-state index is 0.143. The Morgan fingerprint density at radius 1 is 1.00 bits per heavy atom. The molecule has 7 nitrogen and oxygen atoms in total. The zero-order valence-corrected chi connectivity index (χ0v) is 19.4. The Bertz CT molecular complexity index is 1410. The number of hydrogen-bond acceptors (Lipinski definition) is 4. The molecule has 0 spiro atoms. The van der Waals surface area contributed by atoms with E-state index in [1.807, 2.05) is 31.2 Å². The van der Waals surface area contributed by atoms with E-state index in [0.717, 1.165) is 26.6 Å². The minimum Gasteiger partial charge on any atom is -0.358 e. The van der Waals surface area contributed by atoms with Gasteiger partial charge >= 0.3 is 0 Å². The molecular formula is C23H19BrN4O3S. The number of carbonyl (C=O) groups is 1. The quantitative estimate of drug-likeness (QED) is 0.256. The van der Waals surface area contributed by atoms with Gasteiger partial charge in [-0.2, -0.15) is 5.10 Å². The molecule has 0 saturated heterocycles. The van der Waals surface area contributed by atoms with Crippen molar-refractivity contribution in [2.45, 2.75) is 11.8 Å². The van der Waals surface area contributed by atoms with Crippen LogP contribution in [0, 0.1) is 6.92 Å². The molecule has 1 amide bonds. The van der Waals surface area contributed by atoms with Gasteiger partial charge in [-0.1, -0.05) is 34.1 Å². The molecule has 4 aromatic rings. The lowest BCUT2D eigenvalue weighted by Crippen LogP contribution is -2.18. The molecular weight excluding hydrogens is 492 g/mol. The predicted molar refractivity (Wildman–Crippen MR) is 129 cm³/mol. The van der Waals surface area contributed by atoms with Crippen LogP contribution in [0.25, 0.3) is 10.9 Å². The number of carbonyl (C=O) groups excluding carboxylic acids is 1. The van der Waals surface area contributed by atoms with Crippen LogP contribution in [-0.2, 0) is 10.0 Å². The van der Waals surface area contributed by atoms with Crippen molar-refractivity contribution in [1.82, 2.24) is 10.4 Å². The van der Waals surface area contributed by atoms with E-state index in [2.05, 4.69) is 36.2 Å². The Morgan fingerprint density at radius 2 is 1.69 bits per heavy atom. The maximum absolute atomic E-state index is 12.5. The largest absolute Gasteiger partial charge is 0.358 e. The summed E-state index contributed by atoms with van der Waals surface area (Å²) in [6.45, 7) is 1.94. The van der Waals surface area contributed by atoms with E-state index in [1.54, 1.807) is 18.3 Å². The fourth-order valence-corrected chi connectivity index (χ4v) is 4.53. The molecule has 0 aliphatic rings. The molecule has 0 aliphatic carbocycles. The fraction of sp³-hybridized carbons (Fsp3) is 0.0435. The highest BCUT2D eigenvalue weighted by Gasteiger charge is 2.14. The van der Waals surface area contributed by atoms with Gasteiger partial charge in [0, 0.05) is 37.9 Å². The van der Waals surface area contributed by atoms with Crippen molar-refractivity contribution in [1.29, 1.82) is 0 Å². The molecule has 0 saturated carbocycles. The first-order valence-electron chi connectivity index (χ1n) is 9.63. The van der Waals surface area contributed by atoms with Crippen LogP contribution in [0.5, 0.6) is 0 Å². The lowest BCUT2D eigenvalue weighted by Gasteiger charge is -2.09. The summed E-state index contributed by atoms with van der Waals surface area (Å²) >= 11 is 3.28. The maximum atomic E-state index is 12.5. The van der Waals surface area contributed by atoms with Gasteiger partial charge in [-0.3, -0.25) is 9.52 Å². The summed E-state index contributed by atoms with van der Waals surface area (Å²) in [5.41, 5.74) is 6.05. The number of hydrazone groups is 1. The number of aromatic nitrogens is 1. The normalized spacial score (nSPS) is 11.7. The Labute approximate surface area is 193 Å². The number of sulfonamides is 1. The highest BCUT2D eigenvalue weighted by Crippen LogP contribution is 2.20. The van der Waals surface area contributed by atoms with E-state index in [4.69, 9.17) is 0 Å². The van der Waals surface area contributed by atoms with Crippen LogP contribution in [0.1, 0.15) is 21.6 Å². The fourth-order valence-electron chi connectivity index (χ4n) is 3.20. The number of H-pyrrole nitrogens is 1. The number of para-hydroxylation sites is 1. The van der Waals surface area contributed by atoms with Crippen molar-refractivity contribution in [3.05, 3.63) is 94.1 Å². The van der Waals surface area contributed by atoms with E-state index in [9.17, 15) is 13.2 Å². The summed E-state index contributed by atoms with van der Waals surface area (Å²) in [6, 6.07) is 20.3. The summed E-state index contributed by atoms with van der Waals surface area (Å²) in [5.74, 6) is -0.402. The summed E-state index contributed by atoms with van der Waals surface area (Å²) < 4.78 is 28.2. The summed E-state index contributed by atoms with van der Waals surface area (Å²) in [7, 11) is -3.72. The number of benzene rings is 3. The molecule has 3 N–H and O–H groups in total. The summed E-state index contributed by atoms with van der Waals surface area (Å²) in [5, 5.41) is 5.09. The van der Waals surface area contributed by atoms with Crippen molar-refractivity contribution in [3.8, 4) is 0 Å². The van der Waals surface area contributed by atoms with Gasteiger partial charge in [0.2, 0.25) is 0 Å². The number of nitrogens with one attached hydrogen (secondary N) is 3. The van der Waals surface area contributed by atoms with Crippen molar-refractivity contribution in [3.63, 3.8) is 0 Å². The number of anilines is 1. The molecule has 3 aromatic carbocycles. The molecule has 0 fully saturated rings. The van der Waals surface area contributed by atoms with Crippen LogP contribution >= 0.6 is 15.9 Å². The summed E-state index contributed by atoms with van der Waals surface area (Å²) in [6.07, 6.45) is 1.60. The molecule has 32 heavy (non-hydrogen) atoms. The average molecular weight is 511 g/mol. The first-order valence-corrected chi connectivity index (χ1v) is 11.9. The number of halogens is 1. The van der Waals surface area contributed by atoms with Crippen LogP contribution in [0.15, 0.2) is 87.3 Å². The number of hydrogen-bond donors (Lipinski definition) is 3. The van der Waals surface area contributed by atoms with E-state index >= 15 is 0 Å². The van der Waals surface area contributed by atoms with Gasteiger partial charge < -0.3 is 4.98 Å². The second-order valence-corrected chi connectivity index (χ2v) is 9.64. The van der Waals surface area contributed by atoms with Gasteiger partial charge in [-0.05, 0) is 61.5 Å². The standard InChI is InChI=1S/C23H19BrN4O3S/c1-15-21(20-4-2-3-5-22(20)26-15)14-25-27-23(29)16-6-10-18(11-7-16)28-32(30,31)19-12-8-17(24)9-13-19/h2-14,26,28H,1H3,(H,27,29)/b25-14-. The van der Waals surface area contributed by atoms with Gasteiger partial charge in [0.15, 0.2) is 0 Å². The third-order valence-corrected chi connectivity index (χ3v) is 6.75. The van der Waals surface area contributed by atoms with Crippen LogP contribution in [0.4, 0.5) is 5.69 Å². The molecule has 0 aliphatic heterocycles. The molecule has 1 aromatic heterocycles. The highest BCUT2D eigenvalue weighted by molar-refractivity contribution is 9.10. The number of rotatable bonds is 6. The van der Waals surface area contributed by atoms with E-state index in [1.165, 1.54) is 36.4 Å². The number of amides is 1. The van der Waals surface area contributed by atoms with Gasteiger partial charge in [-0.15, -0.1) is 0 Å². The van der Waals surface area contributed by atoms with Gasteiger partial charge in [0.1, 0.15) is 0 Å².